The van der Waals surface area contributed by atoms with Gasteiger partial charge in [0.2, 0.25) is 0 Å². The van der Waals surface area contributed by atoms with Gasteiger partial charge in [-0.2, -0.15) is 0 Å². The topological polar surface area (TPSA) is 88.5 Å². The summed E-state index contributed by atoms with van der Waals surface area (Å²) >= 11 is 6.00. The van der Waals surface area contributed by atoms with Crippen LogP contribution in [0.1, 0.15) is 18.4 Å². The summed E-state index contributed by atoms with van der Waals surface area (Å²) in [6.45, 7) is 1.24. The third-order valence-corrected chi connectivity index (χ3v) is 10.6. The Bertz CT molecular complexity index is 1140. The van der Waals surface area contributed by atoms with Gasteiger partial charge in [-0.15, -0.1) is 0 Å². The first kappa shape index (κ1) is 23.5. The summed E-state index contributed by atoms with van der Waals surface area (Å²) in [7, 11) is -8.70. The average molecular weight is 479 g/mol. The maximum absolute atomic E-state index is 13.8. The van der Waals surface area contributed by atoms with E-state index in [1.807, 2.05) is 0 Å². The van der Waals surface area contributed by atoms with Crippen LogP contribution in [-0.4, -0.2) is 33.1 Å². The molecule has 0 aliphatic heterocycles. The van der Waals surface area contributed by atoms with Gasteiger partial charge in [0, 0.05) is 17.5 Å². The first-order valence-corrected chi connectivity index (χ1v) is 13.1. The molecule has 3 aromatic carbocycles. The summed E-state index contributed by atoms with van der Waals surface area (Å²) in [5, 5.41) is 10.4. The molecule has 0 saturated carbocycles. The highest BCUT2D eigenvalue weighted by Gasteiger charge is 2.47. The van der Waals surface area contributed by atoms with Crippen LogP contribution < -0.4 is 0 Å². The number of benzene rings is 3. The van der Waals surface area contributed by atoms with Crippen LogP contribution in [0.25, 0.3) is 0 Å². The zero-order valence-electron chi connectivity index (χ0n) is 16.8. The van der Waals surface area contributed by atoms with Crippen molar-refractivity contribution in [1.29, 1.82) is 0 Å². The summed E-state index contributed by atoms with van der Waals surface area (Å²) in [5.74, 6) is -1.69. The first-order valence-electron chi connectivity index (χ1n) is 9.64. The summed E-state index contributed by atoms with van der Waals surface area (Å²) in [6.07, 6.45) is 0. The SMILES string of the molecule is C[C@@H](CO)C(c1ccc(Cl)cc1)C(S(=O)(=O)c1ccccc1)S(=O)(=O)c1ccccc1. The second kappa shape index (κ2) is 9.53. The van der Waals surface area contributed by atoms with E-state index in [0.717, 1.165) is 0 Å². The molecule has 0 bridgehead atoms. The molecule has 1 N–H and O–H groups in total. The molecule has 5 nitrogen and oxygen atoms in total. The van der Waals surface area contributed by atoms with Crippen LogP contribution in [0.3, 0.4) is 0 Å². The minimum Gasteiger partial charge on any atom is -0.396 e. The lowest BCUT2D eigenvalue weighted by molar-refractivity contribution is 0.218. The maximum atomic E-state index is 13.8. The number of halogens is 1. The summed E-state index contributed by atoms with van der Waals surface area (Å²) in [6, 6.07) is 21.4. The minimum atomic E-state index is -4.35. The molecule has 0 aliphatic carbocycles. The fourth-order valence-electron chi connectivity index (χ4n) is 3.59. The van der Waals surface area contributed by atoms with E-state index < -0.39 is 42.7 Å². The van der Waals surface area contributed by atoms with E-state index in [2.05, 4.69) is 0 Å². The normalized spacial score (nSPS) is 14.3. The molecule has 1 unspecified atom stereocenters. The van der Waals surface area contributed by atoms with Gasteiger partial charge in [-0.25, -0.2) is 16.8 Å². The molecular weight excluding hydrogens is 456 g/mol. The number of aliphatic hydroxyl groups excluding tert-OH is 1. The largest absolute Gasteiger partial charge is 0.396 e. The molecule has 0 saturated heterocycles. The highest BCUT2D eigenvalue weighted by molar-refractivity contribution is 8.09. The maximum Gasteiger partial charge on any atom is 0.196 e. The molecule has 164 valence electrons. The smallest absolute Gasteiger partial charge is 0.196 e. The third-order valence-electron chi connectivity index (χ3n) is 5.20. The zero-order valence-corrected chi connectivity index (χ0v) is 19.2. The van der Waals surface area contributed by atoms with E-state index in [-0.39, 0.29) is 9.79 Å². The van der Waals surface area contributed by atoms with Gasteiger partial charge in [0.25, 0.3) is 0 Å². The third kappa shape index (κ3) is 4.85. The molecule has 0 aromatic heterocycles. The van der Waals surface area contributed by atoms with Crippen LogP contribution in [0, 0.1) is 5.92 Å². The second-order valence-electron chi connectivity index (χ2n) is 7.32. The van der Waals surface area contributed by atoms with E-state index in [1.165, 1.54) is 24.3 Å². The summed E-state index contributed by atoms with van der Waals surface area (Å²) < 4.78 is 53.2. The van der Waals surface area contributed by atoms with Gasteiger partial charge in [-0.05, 0) is 47.9 Å². The van der Waals surface area contributed by atoms with Crippen LogP contribution in [0.2, 0.25) is 5.02 Å². The van der Waals surface area contributed by atoms with Gasteiger partial charge in [0.15, 0.2) is 24.3 Å². The first-order chi connectivity index (χ1) is 14.7. The molecule has 3 aromatic rings. The Morgan fingerprint density at radius 1 is 0.742 bits per heavy atom. The Labute approximate surface area is 188 Å². The Balaban J connectivity index is 2.32. The van der Waals surface area contributed by atoms with Gasteiger partial charge >= 0.3 is 0 Å². The van der Waals surface area contributed by atoms with Crippen molar-refractivity contribution in [2.45, 2.75) is 27.2 Å². The molecule has 0 spiro atoms. The van der Waals surface area contributed by atoms with Crippen molar-refractivity contribution >= 4 is 31.3 Å². The Kier molecular flexibility index (Phi) is 7.21. The van der Waals surface area contributed by atoms with Gasteiger partial charge < -0.3 is 5.11 Å². The van der Waals surface area contributed by atoms with Gasteiger partial charge in [0.1, 0.15) is 0 Å². The van der Waals surface area contributed by atoms with Crippen molar-refractivity contribution in [1.82, 2.24) is 0 Å². The number of aliphatic hydroxyl groups is 1. The van der Waals surface area contributed by atoms with Gasteiger partial charge in [-0.1, -0.05) is 67.1 Å². The molecular formula is C23H23ClO5S2. The van der Waals surface area contributed by atoms with Crippen LogP contribution >= 0.6 is 11.6 Å². The van der Waals surface area contributed by atoms with Crippen molar-refractivity contribution in [2.75, 3.05) is 6.61 Å². The number of hydrogen-bond acceptors (Lipinski definition) is 5. The molecule has 0 fully saturated rings. The summed E-state index contributed by atoms with van der Waals surface area (Å²) in [4.78, 5) is -0.188. The van der Waals surface area contributed by atoms with Crippen LogP contribution in [0.15, 0.2) is 94.7 Å². The number of hydrogen-bond donors (Lipinski definition) is 1. The molecule has 8 heteroatoms. The molecule has 0 radical (unpaired) electrons. The predicted octanol–water partition coefficient (Wildman–Crippen LogP) is 4.33. The molecule has 31 heavy (non-hydrogen) atoms. The van der Waals surface area contributed by atoms with Crippen molar-refractivity contribution < 1.29 is 21.9 Å². The van der Waals surface area contributed by atoms with Crippen LogP contribution in [-0.2, 0) is 19.7 Å². The lowest BCUT2D eigenvalue weighted by atomic mass is 9.89. The van der Waals surface area contributed by atoms with Crippen molar-refractivity contribution in [3.8, 4) is 0 Å². The van der Waals surface area contributed by atoms with Crippen molar-refractivity contribution in [3.63, 3.8) is 0 Å². The zero-order chi connectivity index (χ0) is 22.6. The number of rotatable bonds is 8. The standard InChI is InChI=1S/C23H23ClO5S2/c1-17(16-25)22(18-12-14-19(24)15-13-18)23(30(26,27)20-8-4-2-5-9-20)31(28,29)21-10-6-3-7-11-21/h2-15,17,22-23,25H,16H2,1H3/t17-,22?/m0/s1. The fraction of sp³-hybridized carbons (Fsp3) is 0.217. The van der Waals surface area contributed by atoms with Crippen LogP contribution in [0.4, 0.5) is 0 Å². The Hall–Kier alpha value is -2.19. The molecule has 3 rings (SSSR count). The molecule has 0 amide bonds. The molecule has 2 atom stereocenters. The predicted molar refractivity (Wildman–Crippen MR) is 121 cm³/mol. The van der Waals surface area contributed by atoms with Crippen molar-refractivity contribution in [2.24, 2.45) is 5.92 Å². The fourth-order valence-corrected chi connectivity index (χ4v) is 8.95. The van der Waals surface area contributed by atoms with E-state index in [0.29, 0.717) is 10.6 Å². The highest BCUT2D eigenvalue weighted by Crippen LogP contribution is 2.40. The second-order valence-corrected chi connectivity index (χ2v) is 12.2. The average Bonchev–Trinajstić information content (AvgIpc) is 2.78. The van der Waals surface area contributed by atoms with Crippen molar-refractivity contribution in [3.05, 3.63) is 95.5 Å². The van der Waals surface area contributed by atoms with Gasteiger partial charge in [-0.3, -0.25) is 0 Å². The lowest BCUT2D eigenvalue weighted by Crippen LogP contribution is -2.40. The van der Waals surface area contributed by atoms with E-state index in [4.69, 9.17) is 11.6 Å². The van der Waals surface area contributed by atoms with E-state index in [9.17, 15) is 21.9 Å². The van der Waals surface area contributed by atoms with E-state index >= 15 is 0 Å². The monoisotopic (exact) mass is 478 g/mol. The molecule has 0 aliphatic rings. The molecule has 0 heterocycles. The quantitative estimate of drug-likeness (QED) is 0.520. The Morgan fingerprint density at radius 3 is 1.55 bits per heavy atom. The number of sulfone groups is 2. The van der Waals surface area contributed by atoms with Crippen LogP contribution in [0.5, 0.6) is 0 Å². The minimum absolute atomic E-state index is 0.0939. The highest BCUT2D eigenvalue weighted by atomic mass is 35.5. The van der Waals surface area contributed by atoms with E-state index in [1.54, 1.807) is 67.6 Å². The lowest BCUT2D eigenvalue weighted by Gasteiger charge is -2.31. The Morgan fingerprint density at radius 2 is 1.16 bits per heavy atom. The summed E-state index contributed by atoms with van der Waals surface area (Å²) in [5.41, 5.74) is 0.468. The van der Waals surface area contributed by atoms with Gasteiger partial charge in [0.05, 0.1) is 9.79 Å².